The molecule has 3 heteroatoms. The number of rotatable bonds is 11. The Labute approximate surface area is 131 Å². The molecule has 3 atom stereocenters. The molecule has 0 N–H and O–H groups in total. The molecule has 1 saturated carbocycles. The first-order valence-electron chi connectivity index (χ1n) is 8.57. The number of hydrogen-bond donors (Lipinski definition) is 0. The minimum absolute atomic E-state index is 0.365. The SMILES string of the molecule is C=C(C)C1CCC(C)CC1OCCCOCCCOCC. The van der Waals surface area contributed by atoms with Crippen LogP contribution < -0.4 is 0 Å². The van der Waals surface area contributed by atoms with Gasteiger partial charge in [-0.05, 0) is 51.9 Å². The van der Waals surface area contributed by atoms with E-state index in [-0.39, 0.29) is 0 Å². The Morgan fingerprint density at radius 3 is 2.38 bits per heavy atom. The van der Waals surface area contributed by atoms with Gasteiger partial charge in [-0.3, -0.25) is 0 Å². The Morgan fingerprint density at radius 2 is 1.71 bits per heavy atom. The van der Waals surface area contributed by atoms with Crippen molar-refractivity contribution in [3.63, 3.8) is 0 Å². The van der Waals surface area contributed by atoms with E-state index in [2.05, 4.69) is 20.4 Å². The summed E-state index contributed by atoms with van der Waals surface area (Å²) in [5, 5.41) is 0. The van der Waals surface area contributed by atoms with Gasteiger partial charge in [-0.15, -0.1) is 0 Å². The van der Waals surface area contributed by atoms with E-state index in [1.807, 2.05) is 6.92 Å². The lowest BCUT2D eigenvalue weighted by atomic mass is 9.78. The summed E-state index contributed by atoms with van der Waals surface area (Å²) in [5.41, 5.74) is 1.28. The molecule has 3 unspecified atom stereocenters. The van der Waals surface area contributed by atoms with Gasteiger partial charge in [0.2, 0.25) is 0 Å². The highest BCUT2D eigenvalue weighted by molar-refractivity contribution is 5.02. The average molecular weight is 298 g/mol. The van der Waals surface area contributed by atoms with Gasteiger partial charge in [0.05, 0.1) is 6.10 Å². The maximum Gasteiger partial charge on any atom is 0.0642 e. The monoisotopic (exact) mass is 298 g/mol. The molecule has 124 valence electrons. The van der Waals surface area contributed by atoms with Crippen molar-refractivity contribution in [1.82, 2.24) is 0 Å². The lowest BCUT2D eigenvalue weighted by Gasteiger charge is -2.35. The Kier molecular flexibility index (Phi) is 9.98. The van der Waals surface area contributed by atoms with Crippen molar-refractivity contribution in [2.45, 2.75) is 59.0 Å². The molecule has 0 heterocycles. The van der Waals surface area contributed by atoms with E-state index in [9.17, 15) is 0 Å². The summed E-state index contributed by atoms with van der Waals surface area (Å²) in [7, 11) is 0. The molecular weight excluding hydrogens is 264 g/mol. The summed E-state index contributed by atoms with van der Waals surface area (Å²) in [5.74, 6) is 1.33. The van der Waals surface area contributed by atoms with Gasteiger partial charge in [0.15, 0.2) is 0 Å². The summed E-state index contributed by atoms with van der Waals surface area (Å²) in [4.78, 5) is 0. The van der Waals surface area contributed by atoms with Gasteiger partial charge in [-0.2, -0.15) is 0 Å². The normalized spacial score (nSPS) is 26.0. The summed E-state index contributed by atoms with van der Waals surface area (Å²) < 4.78 is 17.0. The third kappa shape index (κ3) is 7.98. The lowest BCUT2D eigenvalue weighted by molar-refractivity contribution is -0.0216. The lowest BCUT2D eigenvalue weighted by Crippen LogP contribution is -2.32. The fraction of sp³-hybridized carbons (Fsp3) is 0.889. The van der Waals surface area contributed by atoms with Crippen LogP contribution in [0.15, 0.2) is 12.2 Å². The molecule has 0 aliphatic heterocycles. The van der Waals surface area contributed by atoms with Crippen molar-refractivity contribution in [2.24, 2.45) is 11.8 Å². The summed E-state index contributed by atoms with van der Waals surface area (Å²) >= 11 is 0. The molecule has 0 bridgehead atoms. The predicted octanol–water partition coefficient (Wildman–Crippen LogP) is 4.22. The van der Waals surface area contributed by atoms with Gasteiger partial charge in [-0.1, -0.05) is 19.1 Å². The smallest absolute Gasteiger partial charge is 0.0642 e. The van der Waals surface area contributed by atoms with Gasteiger partial charge in [-0.25, -0.2) is 0 Å². The molecule has 0 aromatic rings. The molecule has 0 amide bonds. The van der Waals surface area contributed by atoms with E-state index >= 15 is 0 Å². The van der Waals surface area contributed by atoms with Crippen molar-refractivity contribution >= 4 is 0 Å². The van der Waals surface area contributed by atoms with E-state index in [1.54, 1.807) is 0 Å². The van der Waals surface area contributed by atoms with Crippen molar-refractivity contribution in [1.29, 1.82) is 0 Å². The van der Waals surface area contributed by atoms with Gasteiger partial charge in [0.25, 0.3) is 0 Å². The maximum absolute atomic E-state index is 6.11. The maximum atomic E-state index is 6.11. The van der Waals surface area contributed by atoms with Crippen LogP contribution in [0.4, 0.5) is 0 Å². The topological polar surface area (TPSA) is 27.7 Å². The average Bonchev–Trinajstić information content (AvgIpc) is 2.45. The van der Waals surface area contributed by atoms with Crippen molar-refractivity contribution in [3.05, 3.63) is 12.2 Å². The largest absolute Gasteiger partial charge is 0.382 e. The van der Waals surface area contributed by atoms with Crippen molar-refractivity contribution < 1.29 is 14.2 Å². The molecule has 21 heavy (non-hydrogen) atoms. The highest BCUT2D eigenvalue weighted by Gasteiger charge is 2.29. The first-order chi connectivity index (χ1) is 10.1. The van der Waals surface area contributed by atoms with Crippen molar-refractivity contribution in [2.75, 3.05) is 33.0 Å². The zero-order chi connectivity index (χ0) is 15.5. The Balaban J connectivity index is 2.06. The van der Waals surface area contributed by atoms with Crippen molar-refractivity contribution in [3.8, 4) is 0 Å². The van der Waals surface area contributed by atoms with E-state index in [1.165, 1.54) is 24.8 Å². The highest BCUT2D eigenvalue weighted by atomic mass is 16.5. The number of ether oxygens (including phenoxy) is 3. The van der Waals surface area contributed by atoms with Crippen LogP contribution in [0, 0.1) is 11.8 Å². The molecule has 0 aromatic carbocycles. The summed E-state index contributed by atoms with van der Waals surface area (Å²) in [6.45, 7) is 14.6. The highest BCUT2D eigenvalue weighted by Crippen LogP contribution is 2.34. The van der Waals surface area contributed by atoms with Crippen LogP contribution >= 0.6 is 0 Å². The van der Waals surface area contributed by atoms with Crippen LogP contribution in [-0.2, 0) is 14.2 Å². The quantitative estimate of drug-likeness (QED) is 0.422. The second-order valence-corrected chi connectivity index (χ2v) is 6.30. The Morgan fingerprint density at radius 1 is 1.05 bits per heavy atom. The second kappa shape index (κ2) is 11.2. The van der Waals surface area contributed by atoms with Crippen LogP contribution in [0.2, 0.25) is 0 Å². The predicted molar refractivity (Wildman–Crippen MR) is 87.6 cm³/mol. The van der Waals surface area contributed by atoms with Crippen LogP contribution in [0.3, 0.4) is 0 Å². The van der Waals surface area contributed by atoms with Crippen LogP contribution in [0.1, 0.15) is 52.9 Å². The van der Waals surface area contributed by atoms with Gasteiger partial charge >= 0.3 is 0 Å². The van der Waals surface area contributed by atoms with E-state index < -0.39 is 0 Å². The third-order valence-corrected chi connectivity index (χ3v) is 4.23. The standard InChI is InChI=1S/C18H34O3/c1-5-19-10-6-11-20-12-7-13-21-18-14-16(4)8-9-17(18)15(2)3/h16-18H,2,5-14H2,1,3-4H3. The zero-order valence-corrected chi connectivity index (χ0v) is 14.2. The minimum Gasteiger partial charge on any atom is -0.382 e. The second-order valence-electron chi connectivity index (χ2n) is 6.30. The molecular formula is C18H34O3. The fourth-order valence-electron chi connectivity index (χ4n) is 2.98. The summed E-state index contributed by atoms with van der Waals surface area (Å²) in [6.07, 6.45) is 6.03. The van der Waals surface area contributed by atoms with E-state index in [0.717, 1.165) is 51.8 Å². The van der Waals surface area contributed by atoms with Gasteiger partial charge in [0, 0.05) is 39.0 Å². The zero-order valence-electron chi connectivity index (χ0n) is 14.2. The van der Waals surface area contributed by atoms with E-state index in [4.69, 9.17) is 14.2 Å². The molecule has 1 aliphatic carbocycles. The molecule has 1 aliphatic rings. The Bertz CT molecular complexity index is 278. The van der Waals surface area contributed by atoms with Crippen LogP contribution in [0.5, 0.6) is 0 Å². The molecule has 3 nitrogen and oxygen atoms in total. The molecule has 0 saturated heterocycles. The molecule has 1 fully saturated rings. The minimum atomic E-state index is 0.365. The van der Waals surface area contributed by atoms with Crippen LogP contribution in [-0.4, -0.2) is 39.1 Å². The third-order valence-electron chi connectivity index (χ3n) is 4.23. The molecule has 0 radical (unpaired) electrons. The summed E-state index contributed by atoms with van der Waals surface area (Å²) in [6, 6.07) is 0. The van der Waals surface area contributed by atoms with E-state index in [0.29, 0.717) is 12.0 Å². The molecule has 1 rings (SSSR count). The fourth-order valence-corrected chi connectivity index (χ4v) is 2.98. The molecule has 0 spiro atoms. The number of hydrogen-bond acceptors (Lipinski definition) is 3. The first-order valence-corrected chi connectivity index (χ1v) is 8.57. The van der Waals surface area contributed by atoms with Crippen LogP contribution in [0.25, 0.3) is 0 Å². The molecule has 0 aromatic heterocycles. The van der Waals surface area contributed by atoms with Gasteiger partial charge < -0.3 is 14.2 Å². The van der Waals surface area contributed by atoms with Gasteiger partial charge in [0.1, 0.15) is 0 Å². The Hall–Kier alpha value is -0.380. The first kappa shape index (κ1) is 18.7.